The molecule has 3 N–H and O–H groups in total. The molecule has 0 fully saturated rings. The van der Waals surface area contributed by atoms with E-state index in [4.69, 9.17) is 0 Å². The zero-order valence-corrected chi connectivity index (χ0v) is 13.3. The number of benzene rings is 3. The number of rotatable bonds is 2. The molecule has 0 heterocycles. The van der Waals surface area contributed by atoms with Gasteiger partial charge in [-0.25, -0.2) is 4.79 Å². The summed E-state index contributed by atoms with van der Waals surface area (Å²) >= 11 is 0. The van der Waals surface area contributed by atoms with Crippen LogP contribution in [-0.2, 0) is 6.42 Å². The van der Waals surface area contributed by atoms with Crippen molar-refractivity contribution < 1.29 is 20.1 Å². The Morgan fingerprint density at radius 3 is 1.92 bits per heavy atom. The second-order valence-corrected chi connectivity index (χ2v) is 6.27. The molecule has 0 amide bonds. The Morgan fingerprint density at radius 1 is 0.800 bits per heavy atom. The average Bonchev–Trinajstić information content (AvgIpc) is 2.59. The fourth-order valence-electron chi connectivity index (χ4n) is 3.71. The molecule has 3 aromatic rings. The smallest absolute Gasteiger partial charge is 0.335 e. The van der Waals surface area contributed by atoms with Crippen molar-refractivity contribution in [1.29, 1.82) is 0 Å². The minimum atomic E-state index is -0.971. The summed E-state index contributed by atoms with van der Waals surface area (Å²) in [5.41, 5.74) is 4.78. The van der Waals surface area contributed by atoms with Gasteiger partial charge in [-0.05, 0) is 64.6 Å². The molecule has 0 unspecified atom stereocenters. The number of aromatic hydroxyl groups is 2. The molecule has 0 aliphatic heterocycles. The van der Waals surface area contributed by atoms with Gasteiger partial charge in [0.1, 0.15) is 11.5 Å². The van der Waals surface area contributed by atoms with E-state index in [1.165, 1.54) is 0 Å². The van der Waals surface area contributed by atoms with Gasteiger partial charge in [-0.1, -0.05) is 30.3 Å². The highest BCUT2D eigenvalue weighted by atomic mass is 16.4. The molecular weight excluding hydrogens is 316 g/mol. The van der Waals surface area contributed by atoms with Crippen LogP contribution in [0.4, 0.5) is 0 Å². The zero-order valence-electron chi connectivity index (χ0n) is 13.3. The Kier molecular flexibility index (Phi) is 3.46. The Labute approximate surface area is 144 Å². The minimum Gasteiger partial charge on any atom is -0.508 e. The molecule has 25 heavy (non-hydrogen) atoms. The van der Waals surface area contributed by atoms with Crippen molar-refractivity contribution in [2.45, 2.75) is 12.3 Å². The first-order valence-electron chi connectivity index (χ1n) is 8.00. The molecule has 124 valence electrons. The van der Waals surface area contributed by atoms with E-state index in [1.54, 1.807) is 36.4 Å². The largest absolute Gasteiger partial charge is 0.508 e. The molecule has 3 aromatic carbocycles. The van der Waals surface area contributed by atoms with Gasteiger partial charge in [0.15, 0.2) is 0 Å². The lowest BCUT2D eigenvalue weighted by Gasteiger charge is -2.30. The van der Waals surface area contributed by atoms with E-state index >= 15 is 0 Å². The number of carboxylic acid groups (broad SMARTS) is 1. The van der Waals surface area contributed by atoms with Crippen LogP contribution in [0.5, 0.6) is 11.5 Å². The molecule has 0 bridgehead atoms. The van der Waals surface area contributed by atoms with Gasteiger partial charge in [0.2, 0.25) is 0 Å². The third-order valence-electron chi connectivity index (χ3n) is 4.76. The predicted molar refractivity (Wildman–Crippen MR) is 93.4 cm³/mol. The molecule has 1 aliphatic rings. The summed E-state index contributed by atoms with van der Waals surface area (Å²) in [5.74, 6) is -0.880. The minimum absolute atomic E-state index is 0.174. The van der Waals surface area contributed by atoms with Crippen LogP contribution >= 0.6 is 0 Å². The SMILES string of the molecule is O=C(O)c1ccccc1C1c2ccc(O)cc2Cc2cc(O)ccc21. The molecule has 0 atom stereocenters. The summed E-state index contributed by atoms with van der Waals surface area (Å²) < 4.78 is 0. The summed E-state index contributed by atoms with van der Waals surface area (Å²) in [6, 6.07) is 17.3. The fourth-order valence-corrected chi connectivity index (χ4v) is 3.71. The summed E-state index contributed by atoms with van der Waals surface area (Å²) in [6.45, 7) is 0. The molecule has 0 aromatic heterocycles. The average molecular weight is 332 g/mol. The molecule has 4 rings (SSSR count). The van der Waals surface area contributed by atoms with Crippen LogP contribution < -0.4 is 0 Å². The van der Waals surface area contributed by atoms with Crippen molar-refractivity contribution in [2.75, 3.05) is 0 Å². The van der Waals surface area contributed by atoms with E-state index in [1.807, 2.05) is 24.3 Å². The van der Waals surface area contributed by atoms with E-state index in [-0.39, 0.29) is 23.0 Å². The van der Waals surface area contributed by atoms with E-state index in [9.17, 15) is 20.1 Å². The Morgan fingerprint density at radius 2 is 1.36 bits per heavy atom. The van der Waals surface area contributed by atoms with Gasteiger partial charge in [-0.3, -0.25) is 0 Å². The van der Waals surface area contributed by atoms with E-state index in [0.29, 0.717) is 12.0 Å². The first kappa shape index (κ1) is 15.3. The standard InChI is InChI=1S/C21H16O4/c22-14-5-7-16-12(10-14)9-13-11-15(23)6-8-17(13)20(16)18-3-1-2-4-19(18)21(24)25/h1-8,10-11,20,22-23H,9H2,(H,24,25). The second-order valence-electron chi connectivity index (χ2n) is 6.27. The van der Waals surface area contributed by atoms with Gasteiger partial charge in [0, 0.05) is 5.92 Å². The van der Waals surface area contributed by atoms with Gasteiger partial charge < -0.3 is 15.3 Å². The number of phenols is 2. The highest BCUT2D eigenvalue weighted by Crippen LogP contribution is 2.43. The van der Waals surface area contributed by atoms with Crippen molar-refractivity contribution in [3.63, 3.8) is 0 Å². The molecule has 0 saturated heterocycles. The molecule has 0 radical (unpaired) electrons. The van der Waals surface area contributed by atoms with Crippen LogP contribution in [0.1, 0.15) is 44.1 Å². The molecule has 4 heteroatoms. The molecule has 0 saturated carbocycles. The lowest BCUT2D eigenvalue weighted by molar-refractivity contribution is 0.0695. The quantitative estimate of drug-likeness (QED) is 0.520. The summed E-state index contributed by atoms with van der Waals surface area (Å²) in [6.07, 6.45) is 0.583. The monoisotopic (exact) mass is 332 g/mol. The van der Waals surface area contributed by atoms with Crippen LogP contribution in [0.25, 0.3) is 0 Å². The normalized spacial score (nSPS) is 13.1. The van der Waals surface area contributed by atoms with Gasteiger partial charge in [0.25, 0.3) is 0 Å². The highest BCUT2D eigenvalue weighted by Gasteiger charge is 2.30. The van der Waals surface area contributed by atoms with Crippen LogP contribution in [0.3, 0.4) is 0 Å². The first-order chi connectivity index (χ1) is 12.0. The third kappa shape index (κ3) is 2.52. The van der Waals surface area contributed by atoms with Crippen molar-refractivity contribution in [3.05, 3.63) is 94.0 Å². The lowest BCUT2D eigenvalue weighted by atomic mass is 9.73. The van der Waals surface area contributed by atoms with Crippen molar-refractivity contribution in [3.8, 4) is 11.5 Å². The summed E-state index contributed by atoms with van der Waals surface area (Å²) in [5, 5.41) is 29.3. The van der Waals surface area contributed by atoms with E-state index in [0.717, 1.165) is 22.3 Å². The van der Waals surface area contributed by atoms with Crippen molar-refractivity contribution >= 4 is 5.97 Å². The number of carbonyl (C=O) groups is 1. The maximum Gasteiger partial charge on any atom is 0.335 e. The second kappa shape index (κ2) is 5.67. The summed E-state index contributed by atoms with van der Waals surface area (Å²) in [4.78, 5) is 11.7. The van der Waals surface area contributed by atoms with Crippen molar-refractivity contribution in [2.24, 2.45) is 0 Å². The Balaban J connectivity index is 2.01. The van der Waals surface area contributed by atoms with Crippen molar-refractivity contribution in [1.82, 2.24) is 0 Å². The highest BCUT2D eigenvalue weighted by molar-refractivity contribution is 5.90. The number of hydrogen-bond donors (Lipinski definition) is 3. The first-order valence-corrected chi connectivity index (χ1v) is 8.00. The van der Waals surface area contributed by atoms with E-state index in [2.05, 4.69) is 0 Å². The molecule has 1 aliphatic carbocycles. The Hall–Kier alpha value is -3.27. The van der Waals surface area contributed by atoms with Gasteiger partial charge in [-0.2, -0.15) is 0 Å². The number of hydrogen-bond acceptors (Lipinski definition) is 3. The van der Waals surface area contributed by atoms with Gasteiger partial charge >= 0.3 is 5.97 Å². The number of fused-ring (bicyclic) bond motifs is 2. The lowest BCUT2D eigenvalue weighted by Crippen LogP contribution is -2.17. The van der Waals surface area contributed by atoms with Gasteiger partial charge in [0.05, 0.1) is 5.56 Å². The molecule has 4 nitrogen and oxygen atoms in total. The van der Waals surface area contributed by atoms with Gasteiger partial charge in [-0.15, -0.1) is 0 Å². The fraction of sp³-hybridized carbons (Fsp3) is 0.0952. The number of aromatic carboxylic acids is 1. The number of carboxylic acids is 1. The predicted octanol–water partition coefficient (Wildman–Crippen LogP) is 3.88. The maximum absolute atomic E-state index is 11.7. The summed E-state index contributed by atoms with van der Waals surface area (Å²) in [7, 11) is 0. The van der Waals surface area contributed by atoms with Crippen LogP contribution in [0, 0.1) is 0 Å². The zero-order chi connectivity index (χ0) is 17.6. The van der Waals surface area contributed by atoms with Crippen LogP contribution in [0.15, 0.2) is 60.7 Å². The topological polar surface area (TPSA) is 77.8 Å². The van der Waals surface area contributed by atoms with Crippen LogP contribution in [-0.4, -0.2) is 21.3 Å². The van der Waals surface area contributed by atoms with Crippen LogP contribution in [0.2, 0.25) is 0 Å². The third-order valence-corrected chi connectivity index (χ3v) is 4.76. The maximum atomic E-state index is 11.7. The number of phenolic OH excluding ortho intramolecular Hbond substituents is 2. The Bertz CT molecular complexity index is 939. The molecular formula is C21H16O4. The molecule has 0 spiro atoms. The van der Waals surface area contributed by atoms with E-state index < -0.39 is 5.97 Å².